The molecule has 1 aliphatic rings. The molecule has 1 fully saturated rings. The lowest BCUT2D eigenvalue weighted by molar-refractivity contribution is 0.403. The predicted molar refractivity (Wildman–Crippen MR) is 52.4 cm³/mol. The Morgan fingerprint density at radius 1 is 1.50 bits per heavy atom. The van der Waals surface area contributed by atoms with Crippen LogP contribution in [0.2, 0.25) is 0 Å². The van der Waals surface area contributed by atoms with Crippen molar-refractivity contribution in [3.63, 3.8) is 0 Å². The van der Waals surface area contributed by atoms with Gasteiger partial charge in [-0.3, -0.25) is 4.99 Å². The fourth-order valence-electron chi connectivity index (χ4n) is 1.10. The lowest BCUT2D eigenvalue weighted by atomic mass is 10.3. The number of nitrogens with zero attached hydrogens (tertiary/aromatic N) is 2. The van der Waals surface area contributed by atoms with Crippen molar-refractivity contribution in [2.45, 2.75) is 19.3 Å². The van der Waals surface area contributed by atoms with Crippen LogP contribution in [0.5, 0.6) is 0 Å². The van der Waals surface area contributed by atoms with Gasteiger partial charge in [0.05, 0.1) is 5.84 Å². The van der Waals surface area contributed by atoms with E-state index in [9.17, 15) is 0 Å². The van der Waals surface area contributed by atoms with Crippen LogP contribution in [0.3, 0.4) is 0 Å². The highest BCUT2D eigenvalue weighted by atomic mass is 15.0. The molecule has 0 saturated heterocycles. The Kier molecular flexibility index (Phi) is 3.53. The van der Waals surface area contributed by atoms with Gasteiger partial charge in [-0.05, 0) is 39.9 Å². The highest BCUT2D eigenvalue weighted by molar-refractivity contribution is 5.84. The molecule has 0 amide bonds. The lowest BCUT2D eigenvalue weighted by Gasteiger charge is -2.07. The number of nitrogens with two attached hydrogens (primary N) is 1. The molecule has 1 saturated carbocycles. The van der Waals surface area contributed by atoms with Gasteiger partial charge in [0.25, 0.3) is 0 Å². The van der Waals surface area contributed by atoms with E-state index in [1.165, 1.54) is 12.8 Å². The van der Waals surface area contributed by atoms with Crippen LogP contribution in [-0.4, -0.2) is 37.9 Å². The fraction of sp³-hybridized carbons (Fsp3) is 0.889. The average molecular weight is 169 g/mol. The Bertz CT molecular complexity index is 159. The van der Waals surface area contributed by atoms with Gasteiger partial charge in [-0.15, -0.1) is 0 Å². The molecule has 70 valence electrons. The third kappa shape index (κ3) is 3.72. The van der Waals surface area contributed by atoms with Crippen molar-refractivity contribution in [3.8, 4) is 0 Å². The highest BCUT2D eigenvalue weighted by Gasteiger charge is 2.24. The molecule has 12 heavy (non-hydrogen) atoms. The van der Waals surface area contributed by atoms with Gasteiger partial charge in [-0.25, -0.2) is 0 Å². The first kappa shape index (κ1) is 9.52. The van der Waals surface area contributed by atoms with Crippen molar-refractivity contribution >= 4 is 5.84 Å². The second-order valence-corrected chi connectivity index (χ2v) is 3.74. The third-order valence-corrected chi connectivity index (χ3v) is 2.05. The van der Waals surface area contributed by atoms with E-state index >= 15 is 0 Å². The van der Waals surface area contributed by atoms with Gasteiger partial charge in [0.1, 0.15) is 0 Å². The largest absolute Gasteiger partial charge is 0.387 e. The Balaban J connectivity index is 2.03. The Morgan fingerprint density at radius 2 is 2.17 bits per heavy atom. The number of hydrogen-bond donors (Lipinski definition) is 1. The molecule has 2 N–H and O–H groups in total. The summed E-state index contributed by atoms with van der Waals surface area (Å²) in [6.07, 6.45) is 3.62. The minimum absolute atomic E-state index is 0.629. The average Bonchev–Trinajstić information content (AvgIpc) is 2.79. The van der Waals surface area contributed by atoms with Crippen LogP contribution in [0.15, 0.2) is 4.99 Å². The van der Waals surface area contributed by atoms with Crippen LogP contribution < -0.4 is 5.73 Å². The second kappa shape index (κ2) is 4.45. The van der Waals surface area contributed by atoms with Crippen molar-refractivity contribution in [1.29, 1.82) is 0 Å². The molecule has 3 nitrogen and oxygen atoms in total. The zero-order chi connectivity index (χ0) is 8.97. The summed E-state index contributed by atoms with van der Waals surface area (Å²) in [5.74, 6) is 1.51. The van der Waals surface area contributed by atoms with Crippen molar-refractivity contribution in [1.82, 2.24) is 4.90 Å². The Hall–Kier alpha value is -0.570. The second-order valence-electron chi connectivity index (χ2n) is 3.74. The first-order chi connectivity index (χ1) is 5.70. The topological polar surface area (TPSA) is 41.6 Å². The Morgan fingerprint density at radius 3 is 2.67 bits per heavy atom. The van der Waals surface area contributed by atoms with Crippen LogP contribution in [-0.2, 0) is 0 Å². The molecule has 0 bridgehead atoms. The van der Waals surface area contributed by atoms with E-state index in [2.05, 4.69) is 24.0 Å². The van der Waals surface area contributed by atoms with Crippen molar-refractivity contribution in [3.05, 3.63) is 0 Å². The summed E-state index contributed by atoms with van der Waals surface area (Å²) in [6, 6.07) is 0. The van der Waals surface area contributed by atoms with Gasteiger partial charge in [0.15, 0.2) is 0 Å². The minimum Gasteiger partial charge on any atom is -0.387 e. The SMILES string of the molecule is CN(C)CCCN=C(N)C1CC1. The summed E-state index contributed by atoms with van der Waals surface area (Å²) >= 11 is 0. The number of hydrogen-bond acceptors (Lipinski definition) is 2. The van der Waals surface area contributed by atoms with E-state index in [4.69, 9.17) is 5.73 Å². The van der Waals surface area contributed by atoms with Crippen LogP contribution >= 0.6 is 0 Å². The standard InChI is InChI=1S/C9H19N3/c1-12(2)7-3-6-11-9(10)8-4-5-8/h8H,3-7H2,1-2H3,(H2,10,11). The zero-order valence-electron chi connectivity index (χ0n) is 8.08. The van der Waals surface area contributed by atoms with Crippen LogP contribution in [0.4, 0.5) is 0 Å². The summed E-state index contributed by atoms with van der Waals surface area (Å²) in [4.78, 5) is 6.50. The first-order valence-electron chi connectivity index (χ1n) is 4.64. The summed E-state index contributed by atoms with van der Waals surface area (Å²) in [5, 5.41) is 0. The van der Waals surface area contributed by atoms with Gasteiger partial charge >= 0.3 is 0 Å². The maximum Gasteiger partial charge on any atom is 0.0968 e. The summed E-state index contributed by atoms with van der Waals surface area (Å²) in [5.41, 5.74) is 5.73. The molecule has 0 spiro atoms. The van der Waals surface area contributed by atoms with Crippen molar-refractivity contribution < 1.29 is 0 Å². The molecule has 0 heterocycles. The minimum atomic E-state index is 0.629. The zero-order valence-corrected chi connectivity index (χ0v) is 8.08. The van der Waals surface area contributed by atoms with E-state index in [0.29, 0.717) is 5.92 Å². The molecule has 0 aromatic heterocycles. The normalized spacial score (nSPS) is 18.8. The Labute approximate surface area is 74.6 Å². The maximum absolute atomic E-state index is 5.73. The van der Waals surface area contributed by atoms with Gasteiger partial charge in [-0.1, -0.05) is 0 Å². The molecule has 0 atom stereocenters. The summed E-state index contributed by atoms with van der Waals surface area (Å²) < 4.78 is 0. The van der Waals surface area contributed by atoms with Crippen LogP contribution in [0.25, 0.3) is 0 Å². The van der Waals surface area contributed by atoms with E-state index in [-0.39, 0.29) is 0 Å². The molecule has 0 aromatic carbocycles. The van der Waals surface area contributed by atoms with Crippen LogP contribution in [0.1, 0.15) is 19.3 Å². The molecular weight excluding hydrogens is 150 g/mol. The predicted octanol–water partition coefficient (Wildman–Crippen LogP) is 0.705. The van der Waals surface area contributed by atoms with E-state index in [1.807, 2.05) is 0 Å². The maximum atomic E-state index is 5.73. The third-order valence-electron chi connectivity index (χ3n) is 2.05. The van der Waals surface area contributed by atoms with Gasteiger partial charge in [0, 0.05) is 12.5 Å². The molecule has 0 radical (unpaired) electrons. The van der Waals surface area contributed by atoms with E-state index < -0.39 is 0 Å². The lowest BCUT2D eigenvalue weighted by Crippen LogP contribution is -2.17. The smallest absolute Gasteiger partial charge is 0.0968 e. The number of amidine groups is 1. The van der Waals surface area contributed by atoms with Gasteiger partial charge in [-0.2, -0.15) is 0 Å². The number of rotatable bonds is 5. The molecular formula is C9H19N3. The molecule has 0 aliphatic heterocycles. The van der Waals surface area contributed by atoms with Crippen molar-refractivity contribution in [2.75, 3.05) is 27.2 Å². The number of aliphatic imine (C=N–C) groups is 1. The van der Waals surface area contributed by atoms with Crippen LogP contribution in [0, 0.1) is 5.92 Å². The molecule has 1 rings (SSSR count). The molecule has 0 aromatic rings. The summed E-state index contributed by atoms with van der Waals surface area (Å²) in [7, 11) is 4.15. The molecule has 3 heteroatoms. The summed E-state index contributed by atoms with van der Waals surface area (Å²) in [6.45, 7) is 1.99. The molecule has 1 aliphatic carbocycles. The van der Waals surface area contributed by atoms with E-state index in [1.54, 1.807) is 0 Å². The quantitative estimate of drug-likeness (QED) is 0.374. The van der Waals surface area contributed by atoms with Gasteiger partial charge < -0.3 is 10.6 Å². The van der Waals surface area contributed by atoms with Crippen molar-refractivity contribution in [2.24, 2.45) is 16.6 Å². The fourth-order valence-corrected chi connectivity index (χ4v) is 1.10. The monoisotopic (exact) mass is 169 g/mol. The highest BCUT2D eigenvalue weighted by Crippen LogP contribution is 2.28. The molecule has 0 unspecified atom stereocenters. The van der Waals surface area contributed by atoms with E-state index in [0.717, 1.165) is 25.3 Å². The van der Waals surface area contributed by atoms with Gasteiger partial charge in [0.2, 0.25) is 0 Å². The first-order valence-corrected chi connectivity index (χ1v) is 4.64.